The Hall–Kier alpha value is -3.14. The average Bonchev–Trinajstić information content (AvgIpc) is 3.58. The van der Waals surface area contributed by atoms with Crippen LogP contribution in [0.4, 0.5) is 0 Å². The average molecular weight is 672 g/mol. The molecule has 4 atom stereocenters. The molecule has 47 heavy (non-hydrogen) atoms. The minimum absolute atomic E-state index is 0.0275. The summed E-state index contributed by atoms with van der Waals surface area (Å²) < 4.78 is 28.8. The molecule has 1 heterocycles. The first-order chi connectivity index (χ1) is 22.4. The van der Waals surface area contributed by atoms with Gasteiger partial charge in [-0.15, -0.1) is 11.3 Å². The van der Waals surface area contributed by atoms with Crippen LogP contribution in [0, 0.1) is 5.41 Å². The van der Waals surface area contributed by atoms with Crippen LogP contribution in [0.5, 0.6) is 0 Å². The van der Waals surface area contributed by atoms with E-state index in [0.29, 0.717) is 49.0 Å². The summed E-state index contributed by atoms with van der Waals surface area (Å²) in [7, 11) is -3.65. The molecule has 248 valence electrons. The number of rotatable bonds is 7. The monoisotopic (exact) mass is 671 g/mol. The number of aliphatic hydroxyl groups is 2. The SMILES string of the molecule is CC1=CCCC2(C)C(CCC2(O)CN(Cc2ccccc2)S(C)(=O)=O)c2ccc(cc2C(=O)c2cc3ccccc3s2)CC(O)CC1. The van der Waals surface area contributed by atoms with Gasteiger partial charge in [0.15, 0.2) is 0 Å². The predicted octanol–water partition coefficient (Wildman–Crippen LogP) is 7.63. The lowest BCUT2D eigenvalue weighted by atomic mass is 9.65. The maximum atomic E-state index is 14.4. The molecule has 1 saturated carbocycles. The summed E-state index contributed by atoms with van der Waals surface area (Å²) in [6, 6.07) is 25.4. The molecular weight excluding hydrogens is 627 g/mol. The van der Waals surface area contributed by atoms with Gasteiger partial charge in [-0.1, -0.05) is 79.2 Å². The number of fused-ring (bicyclic) bond motifs is 9. The third-order valence-electron chi connectivity index (χ3n) is 10.7. The fourth-order valence-electron chi connectivity index (χ4n) is 7.79. The van der Waals surface area contributed by atoms with Gasteiger partial charge in [0, 0.05) is 28.8 Å². The molecule has 8 heteroatoms. The third-order valence-corrected chi connectivity index (χ3v) is 13.0. The fourth-order valence-corrected chi connectivity index (χ4v) is 9.64. The molecule has 1 fully saturated rings. The highest BCUT2D eigenvalue weighted by Crippen LogP contribution is 2.59. The first kappa shape index (κ1) is 33.7. The maximum absolute atomic E-state index is 14.4. The van der Waals surface area contributed by atoms with Crippen molar-refractivity contribution in [2.75, 3.05) is 12.8 Å². The molecule has 6 nitrogen and oxygen atoms in total. The van der Waals surface area contributed by atoms with Crippen molar-refractivity contribution in [3.8, 4) is 0 Å². The topological polar surface area (TPSA) is 94.9 Å². The van der Waals surface area contributed by atoms with E-state index >= 15 is 0 Å². The molecule has 0 aliphatic heterocycles. The van der Waals surface area contributed by atoms with Gasteiger partial charge in [0.25, 0.3) is 0 Å². The van der Waals surface area contributed by atoms with Crippen LogP contribution in [-0.4, -0.2) is 53.2 Å². The third kappa shape index (κ3) is 7.03. The second-order valence-corrected chi connectivity index (χ2v) is 17.0. The minimum Gasteiger partial charge on any atom is -0.393 e. The number of thiophene rings is 1. The molecule has 0 saturated heterocycles. The number of sulfonamides is 1. The quantitative estimate of drug-likeness (QED) is 0.156. The van der Waals surface area contributed by atoms with Gasteiger partial charge < -0.3 is 10.2 Å². The number of hydrogen-bond donors (Lipinski definition) is 2. The van der Waals surface area contributed by atoms with Crippen LogP contribution in [0.1, 0.15) is 90.2 Å². The lowest BCUT2D eigenvalue weighted by molar-refractivity contribution is -0.0731. The van der Waals surface area contributed by atoms with Gasteiger partial charge in [0.2, 0.25) is 15.8 Å². The number of allylic oxidation sites excluding steroid dienone is 2. The van der Waals surface area contributed by atoms with Crippen LogP contribution in [0.25, 0.3) is 10.1 Å². The number of benzene rings is 3. The van der Waals surface area contributed by atoms with E-state index in [1.807, 2.05) is 78.9 Å². The highest BCUT2D eigenvalue weighted by molar-refractivity contribution is 7.88. The summed E-state index contributed by atoms with van der Waals surface area (Å²) in [4.78, 5) is 15.1. The first-order valence-electron chi connectivity index (χ1n) is 16.6. The first-order valence-corrected chi connectivity index (χ1v) is 19.2. The molecule has 1 aromatic heterocycles. The van der Waals surface area contributed by atoms with Crippen molar-refractivity contribution in [1.82, 2.24) is 4.31 Å². The zero-order valence-corrected chi connectivity index (χ0v) is 29.1. The van der Waals surface area contributed by atoms with Gasteiger partial charge in [-0.2, -0.15) is 4.31 Å². The van der Waals surface area contributed by atoms with Crippen LogP contribution < -0.4 is 0 Å². The second kappa shape index (κ2) is 13.4. The number of aliphatic hydroxyl groups excluding tert-OH is 1. The summed E-state index contributed by atoms with van der Waals surface area (Å²) in [6.45, 7) is 4.32. The van der Waals surface area contributed by atoms with Crippen LogP contribution in [0.2, 0.25) is 0 Å². The van der Waals surface area contributed by atoms with Gasteiger partial charge in [0.1, 0.15) is 0 Å². The molecule has 2 N–H and O–H groups in total. The van der Waals surface area contributed by atoms with Crippen molar-refractivity contribution < 1.29 is 23.4 Å². The van der Waals surface area contributed by atoms with Gasteiger partial charge in [-0.25, -0.2) is 8.42 Å². The summed E-state index contributed by atoms with van der Waals surface area (Å²) >= 11 is 1.48. The summed E-state index contributed by atoms with van der Waals surface area (Å²) in [5, 5.41) is 24.7. The molecule has 7 rings (SSSR count). The Morgan fingerprint density at radius 1 is 1.00 bits per heavy atom. The van der Waals surface area contributed by atoms with E-state index in [1.54, 1.807) is 0 Å². The minimum atomic E-state index is -3.65. The van der Waals surface area contributed by atoms with Crippen LogP contribution in [-0.2, 0) is 23.0 Å². The van der Waals surface area contributed by atoms with E-state index in [0.717, 1.165) is 33.2 Å². The lowest BCUT2D eigenvalue weighted by Gasteiger charge is -2.45. The predicted molar refractivity (Wildman–Crippen MR) is 190 cm³/mol. The number of ketones is 1. The normalized spacial score (nSPS) is 25.4. The molecule has 4 unspecified atom stereocenters. The molecule has 3 aliphatic rings. The van der Waals surface area contributed by atoms with Crippen molar-refractivity contribution in [2.45, 2.75) is 83.0 Å². The summed E-state index contributed by atoms with van der Waals surface area (Å²) in [5.41, 5.74) is 2.39. The number of nitrogens with zero attached hydrogens (tertiary/aromatic N) is 1. The van der Waals surface area contributed by atoms with E-state index in [9.17, 15) is 23.4 Å². The molecule has 2 bridgehead atoms. The molecule has 3 aliphatic carbocycles. The van der Waals surface area contributed by atoms with E-state index in [1.165, 1.54) is 27.5 Å². The molecular formula is C39H45NO5S2. The smallest absolute Gasteiger partial charge is 0.211 e. The van der Waals surface area contributed by atoms with Crippen LogP contribution in [0.15, 0.2) is 90.5 Å². The zero-order chi connectivity index (χ0) is 33.4. The van der Waals surface area contributed by atoms with Crippen molar-refractivity contribution in [1.29, 1.82) is 0 Å². The lowest BCUT2D eigenvalue weighted by Crippen LogP contribution is -2.53. The highest BCUT2D eigenvalue weighted by Gasteiger charge is 2.58. The Bertz CT molecular complexity index is 1870. The maximum Gasteiger partial charge on any atom is 0.211 e. The molecule has 3 aromatic carbocycles. The van der Waals surface area contributed by atoms with Crippen LogP contribution >= 0.6 is 11.3 Å². The van der Waals surface area contributed by atoms with Crippen molar-refractivity contribution in [3.05, 3.63) is 118 Å². The van der Waals surface area contributed by atoms with Gasteiger partial charge in [-0.3, -0.25) is 4.79 Å². The largest absolute Gasteiger partial charge is 0.393 e. The van der Waals surface area contributed by atoms with E-state index in [-0.39, 0.29) is 24.8 Å². The zero-order valence-electron chi connectivity index (χ0n) is 27.5. The Kier molecular flexibility index (Phi) is 9.62. The second-order valence-electron chi connectivity index (χ2n) is 13.9. The van der Waals surface area contributed by atoms with E-state index in [2.05, 4.69) is 19.9 Å². The van der Waals surface area contributed by atoms with Gasteiger partial charge in [0.05, 0.1) is 22.8 Å². The van der Waals surface area contributed by atoms with Crippen molar-refractivity contribution >= 4 is 37.2 Å². The fraction of sp³-hybridized carbons (Fsp3) is 0.410. The Balaban J connectivity index is 1.45. The number of hydrogen-bond acceptors (Lipinski definition) is 6. The summed E-state index contributed by atoms with van der Waals surface area (Å²) in [6.07, 6.45) is 7.07. The van der Waals surface area contributed by atoms with Gasteiger partial charge in [-0.05, 0) is 98.1 Å². The van der Waals surface area contributed by atoms with Crippen LogP contribution in [0.3, 0.4) is 0 Å². The molecule has 4 aromatic rings. The van der Waals surface area contributed by atoms with Gasteiger partial charge >= 0.3 is 0 Å². The summed E-state index contributed by atoms with van der Waals surface area (Å²) in [5.74, 6) is -0.241. The highest BCUT2D eigenvalue weighted by atomic mass is 32.2. The van der Waals surface area contributed by atoms with Crippen molar-refractivity contribution in [3.63, 3.8) is 0 Å². The van der Waals surface area contributed by atoms with E-state index in [4.69, 9.17) is 0 Å². The molecule has 0 radical (unpaired) electrons. The number of carbonyl (C=O) groups is 1. The Morgan fingerprint density at radius 3 is 2.49 bits per heavy atom. The standard InChI is InChI=1S/C39H45NO5S2/c1-27-10-9-20-38(2)34(19-21-39(38,43)26-40(47(3,44)45)25-28-11-5-4-6-12-28)32-18-16-29(22-31(41)17-15-27)23-33(32)37(42)36-24-30-13-7-8-14-35(30)46-36/h4-8,10-14,16,18,23-24,31,34,41,43H,9,15,17,19-22,25-26H2,1-3H3. The Morgan fingerprint density at radius 2 is 1.74 bits per heavy atom. The molecule has 0 spiro atoms. The number of carbonyl (C=O) groups excluding carboxylic acids is 1. The van der Waals surface area contributed by atoms with Crippen molar-refractivity contribution in [2.24, 2.45) is 5.41 Å². The molecule has 0 amide bonds. The van der Waals surface area contributed by atoms with E-state index < -0.39 is 27.1 Å². The Labute approximate surface area is 282 Å².